The van der Waals surface area contributed by atoms with Crippen molar-refractivity contribution in [1.82, 2.24) is 14.4 Å². The summed E-state index contributed by atoms with van der Waals surface area (Å²) in [6.07, 6.45) is 8.00. The number of amides is 2. The third-order valence-electron chi connectivity index (χ3n) is 6.34. The number of carbonyl (C=O) groups is 2. The number of benzene rings is 1. The van der Waals surface area contributed by atoms with Crippen molar-refractivity contribution in [2.45, 2.75) is 51.6 Å². The van der Waals surface area contributed by atoms with Crippen LogP contribution in [-0.2, 0) is 34.5 Å². The van der Waals surface area contributed by atoms with Crippen molar-refractivity contribution < 1.29 is 14.3 Å². The molecule has 3 rings (SSSR count). The third kappa shape index (κ3) is 6.95. The first-order chi connectivity index (χ1) is 15.6. The first kappa shape index (κ1) is 24.1. The number of ether oxygens (including phenoxy) is 1. The van der Waals surface area contributed by atoms with Crippen LogP contribution in [0.15, 0.2) is 48.7 Å². The zero-order chi connectivity index (χ0) is 22.8. The van der Waals surface area contributed by atoms with E-state index in [1.165, 1.54) is 6.42 Å². The van der Waals surface area contributed by atoms with Gasteiger partial charge in [0.15, 0.2) is 0 Å². The van der Waals surface area contributed by atoms with Gasteiger partial charge in [0.25, 0.3) is 0 Å². The van der Waals surface area contributed by atoms with E-state index in [0.29, 0.717) is 26.2 Å². The van der Waals surface area contributed by atoms with Gasteiger partial charge in [-0.3, -0.25) is 9.59 Å². The Morgan fingerprint density at radius 3 is 2.41 bits per heavy atom. The van der Waals surface area contributed by atoms with Crippen molar-refractivity contribution in [2.24, 2.45) is 13.0 Å². The van der Waals surface area contributed by atoms with Gasteiger partial charge in [-0.05, 0) is 37.0 Å². The molecule has 0 saturated heterocycles. The number of aryl methyl sites for hydroxylation is 1. The summed E-state index contributed by atoms with van der Waals surface area (Å²) in [5.41, 5.74) is 2.15. The fraction of sp³-hybridized carbons (Fsp3) is 0.538. The highest BCUT2D eigenvalue weighted by Gasteiger charge is 2.28. The fourth-order valence-electron chi connectivity index (χ4n) is 4.43. The Kier molecular flexibility index (Phi) is 9.35. The lowest BCUT2D eigenvalue weighted by Crippen LogP contribution is -2.45. The molecule has 6 heteroatoms. The normalized spacial score (nSPS) is 14.3. The predicted molar refractivity (Wildman–Crippen MR) is 126 cm³/mol. The number of carbonyl (C=O) groups excluding carboxylic acids is 2. The zero-order valence-electron chi connectivity index (χ0n) is 19.5. The summed E-state index contributed by atoms with van der Waals surface area (Å²) < 4.78 is 7.23. The molecule has 0 N–H and O–H groups in total. The van der Waals surface area contributed by atoms with Crippen LogP contribution in [0.3, 0.4) is 0 Å². The molecule has 1 aromatic heterocycles. The van der Waals surface area contributed by atoms with Gasteiger partial charge in [0, 0.05) is 51.7 Å². The van der Waals surface area contributed by atoms with E-state index in [4.69, 9.17) is 4.74 Å². The highest BCUT2D eigenvalue weighted by molar-refractivity contribution is 5.86. The zero-order valence-corrected chi connectivity index (χ0v) is 19.5. The molecular formula is C26H37N3O3. The molecule has 1 aliphatic carbocycles. The quantitative estimate of drug-likeness (QED) is 0.497. The van der Waals surface area contributed by atoms with E-state index >= 15 is 0 Å². The van der Waals surface area contributed by atoms with Gasteiger partial charge >= 0.3 is 0 Å². The molecule has 0 atom stereocenters. The summed E-state index contributed by atoms with van der Waals surface area (Å²) in [7, 11) is 3.66. The van der Waals surface area contributed by atoms with Crippen molar-refractivity contribution in [3.63, 3.8) is 0 Å². The van der Waals surface area contributed by atoms with E-state index in [0.717, 1.165) is 43.4 Å². The molecule has 1 aliphatic rings. The molecule has 0 radical (unpaired) electrons. The molecule has 6 nitrogen and oxygen atoms in total. The van der Waals surface area contributed by atoms with Crippen LogP contribution in [0.1, 0.15) is 49.8 Å². The molecule has 0 bridgehead atoms. The maximum absolute atomic E-state index is 13.5. The van der Waals surface area contributed by atoms with Crippen molar-refractivity contribution in [1.29, 1.82) is 0 Å². The van der Waals surface area contributed by atoms with Crippen LogP contribution in [0.2, 0.25) is 0 Å². The van der Waals surface area contributed by atoms with E-state index in [1.54, 1.807) is 12.0 Å². The van der Waals surface area contributed by atoms with Gasteiger partial charge in [0.2, 0.25) is 11.8 Å². The molecule has 32 heavy (non-hydrogen) atoms. The molecule has 174 valence electrons. The average Bonchev–Trinajstić information content (AvgIpc) is 3.23. The molecule has 2 aromatic rings. The SMILES string of the molecule is COCCCN(CC(=O)N(Cc1ccccc1)Cc1cccn1C)C(=O)C1CCCCC1. The van der Waals surface area contributed by atoms with Crippen molar-refractivity contribution >= 4 is 11.8 Å². The predicted octanol–water partition coefficient (Wildman–Crippen LogP) is 4.00. The molecule has 1 saturated carbocycles. The Balaban J connectivity index is 1.74. The van der Waals surface area contributed by atoms with Gasteiger partial charge in [-0.2, -0.15) is 0 Å². The molecular weight excluding hydrogens is 402 g/mol. The molecule has 1 aromatic carbocycles. The number of nitrogens with zero attached hydrogens (tertiary/aromatic N) is 3. The van der Waals surface area contributed by atoms with Crippen LogP contribution in [0, 0.1) is 5.92 Å². The Morgan fingerprint density at radius 2 is 1.75 bits per heavy atom. The van der Waals surface area contributed by atoms with E-state index in [-0.39, 0.29) is 24.3 Å². The van der Waals surface area contributed by atoms with Gasteiger partial charge in [-0.1, -0.05) is 49.6 Å². The molecule has 0 spiro atoms. The summed E-state index contributed by atoms with van der Waals surface area (Å²) >= 11 is 0. The minimum atomic E-state index is -0.0170. The second-order valence-corrected chi connectivity index (χ2v) is 8.79. The number of aromatic nitrogens is 1. The summed E-state index contributed by atoms with van der Waals surface area (Å²) in [5.74, 6) is 0.166. The molecule has 1 heterocycles. The second kappa shape index (κ2) is 12.4. The lowest BCUT2D eigenvalue weighted by atomic mass is 9.88. The topological polar surface area (TPSA) is 54.8 Å². The Bertz CT molecular complexity index is 843. The lowest BCUT2D eigenvalue weighted by Gasteiger charge is -2.31. The van der Waals surface area contributed by atoms with Crippen LogP contribution in [0.5, 0.6) is 0 Å². The minimum absolute atomic E-state index is 0.0170. The van der Waals surface area contributed by atoms with Crippen LogP contribution in [-0.4, -0.2) is 53.0 Å². The Labute approximate surface area is 192 Å². The van der Waals surface area contributed by atoms with E-state index in [9.17, 15) is 9.59 Å². The van der Waals surface area contributed by atoms with Gasteiger partial charge in [0.1, 0.15) is 0 Å². The van der Waals surface area contributed by atoms with E-state index in [2.05, 4.69) is 0 Å². The molecule has 0 aliphatic heterocycles. The van der Waals surface area contributed by atoms with Gasteiger partial charge < -0.3 is 19.1 Å². The standard InChI is InChI=1S/C26H37N3O3/c1-27-16-9-15-24(27)20-29(19-22-11-5-3-6-12-22)25(30)21-28(17-10-18-32-2)26(31)23-13-7-4-8-14-23/h3,5-6,9,11-12,15-16,23H,4,7-8,10,13-14,17-21H2,1-2H3. The first-order valence-electron chi connectivity index (χ1n) is 11.8. The van der Waals surface area contributed by atoms with Crippen LogP contribution < -0.4 is 0 Å². The van der Waals surface area contributed by atoms with Gasteiger partial charge in [-0.25, -0.2) is 0 Å². The summed E-state index contributed by atoms with van der Waals surface area (Å²) in [5, 5.41) is 0. The van der Waals surface area contributed by atoms with Crippen molar-refractivity contribution in [3.8, 4) is 0 Å². The van der Waals surface area contributed by atoms with Crippen LogP contribution in [0.25, 0.3) is 0 Å². The Hall–Kier alpha value is -2.60. The van der Waals surface area contributed by atoms with Gasteiger partial charge in [0.05, 0.1) is 13.1 Å². The number of rotatable bonds is 11. The maximum Gasteiger partial charge on any atom is 0.242 e. The van der Waals surface area contributed by atoms with E-state index in [1.807, 2.05) is 65.2 Å². The summed E-state index contributed by atoms with van der Waals surface area (Å²) in [6.45, 7) is 2.30. The highest BCUT2D eigenvalue weighted by Crippen LogP contribution is 2.25. The highest BCUT2D eigenvalue weighted by atomic mass is 16.5. The van der Waals surface area contributed by atoms with Crippen molar-refractivity contribution in [3.05, 3.63) is 59.9 Å². The molecule has 0 unspecified atom stereocenters. The summed E-state index contributed by atoms with van der Waals surface area (Å²) in [6, 6.07) is 14.1. The monoisotopic (exact) mass is 439 g/mol. The number of hydrogen-bond acceptors (Lipinski definition) is 3. The number of methoxy groups -OCH3 is 1. The van der Waals surface area contributed by atoms with Gasteiger partial charge in [-0.15, -0.1) is 0 Å². The number of hydrogen-bond donors (Lipinski definition) is 0. The van der Waals surface area contributed by atoms with Crippen LogP contribution >= 0.6 is 0 Å². The smallest absolute Gasteiger partial charge is 0.242 e. The lowest BCUT2D eigenvalue weighted by molar-refractivity contribution is -0.144. The second-order valence-electron chi connectivity index (χ2n) is 8.79. The molecule has 1 fully saturated rings. The minimum Gasteiger partial charge on any atom is -0.385 e. The van der Waals surface area contributed by atoms with Crippen molar-refractivity contribution in [2.75, 3.05) is 26.8 Å². The largest absolute Gasteiger partial charge is 0.385 e. The fourth-order valence-corrected chi connectivity index (χ4v) is 4.43. The maximum atomic E-state index is 13.5. The summed E-state index contributed by atoms with van der Waals surface area (Å²) in [4.78, 5) is 30.4. The Morgan fingerprint density at radius 1 is 1.00 bits per heavy atom. The third-order valence-corrected chi connectivity index (χ3v) is 6.34. The van der Waals surface area contributed by atoms with Crippen LogP contribution in [0.4, 0.5) is 0 Å². The first-order valence-corrected chi connectivity index (χ1v) is 11.8. The van der Waals surface area contributed by atoms with E-state index < -0.39 is 0 Å². The molecule has 2 amide bonds. The average molecular weight is 440 g/mol.